The fourth-order valence-corrected chi connectivity index (χ4v) is 2.80. The molecule has 0 bridgehead atoms. The quantitative estimate of drug-likeness (QED) is 0.440. The van der Waals surface area contributed by atoms with Crippen molar-refractivity contribution >= 4 is 5.78 Å². The Kier molecular flexibility index (Phi) is 11.8. The minimum absolute atomic E-state index is 0.0400. The summed E-state index contributed by atoms with van der Waals surface area (Å²) in [6.45, 7) is 6.16. The molecule has 6 heteroatoms. The number of aromatic hydroxyl groups is 3. The molecule has 0 aliphatic carbocycles. The molecule has 1 aliphatic rings. The molecule has 6 nitrogen and oxygen atoms in total. The Hall–Kier alpha value is -3.67. The van der Waals surface area contributed by atoms with Crippen molar-refractivity contribution in [2.75, 3.05) is 13.7 Å². The van der Waals surface area contributed by atoms with E-state index in [0.717, 1.165) is 25.2 Å². The molecular weight excluding hydrogens is 408 g/mol. The first-order valence-electron chi connectivity index (χ1n) is 10.5. The lowest BCUT2D eigenvalue weighted by Gasteiger charge is -2.16. The van der Waals surface area contributed by atoms with Gasteiger partial charge in [0.15, 0.2) is 5.78 Å². The standard InChI is InChI=1S/C9H10O3.C9H10O2.C6H6O.C2H6/c1-6(10)9-7(11)4-3-5-8(9)12-2;10-8-4-3-7-2-1-5-11-9(7)6-8;7-6-4-2-1-3-5-6;1-2/h3-5,11H,1-2H3;3-4,6,10H,1-2,5H2;1-5,7H;1-2H3. The highest BCUT2D eigenvalue weighted by Gasteiger charge is 2.12. The van der Waals surface area contributed by atoms with Crippen LogP contribution in [0.3, 0.4) is 0 Å². The van der Waals surface area contributed by atoms with Gasteiger partial charge in [-0.25, -0.2) is 0 Å². The van der Waals surface area contributed by atoms with Crippen LogP contribution in [-0.2, 0) is 6.42 Å². The number of rotatable bonds is 2. The number of hydrogen-bond donors (Lipinski definition) is 3. The van der Waals surface area contributed by atoms with E-state index in [0.29, 0.717) is 11.5 Å². The maximum absolute atomic E-state index is 11.0. The third-order valence-corrected chi connectivity index (χ3v) is 4.23. The summed E-state index contributed by atoms with van der Waals surface area (Å²) in [7, 11) is 1.46. The number of Topliss-reactive ketones (excluding diaryl/α,β-unsaturated/α-hetero) is 1. The lowest BCUT2D eigenvalue weighted by atomic mass is 10.1. The van der Waals surface area contributed by atoms with E-state index in [2.05, 4.69) is 0 Å². The Bertz CT molecular complexity index is 954. The first kappa shape index (κ1) is 26.4. The van der Waals surface area contributed by atoms with Crippen molar-refractivity contribution in [2.24, 2.45) is 0 Å². The molecule has 0 amide bonds. The Balaban J connectivity index is 0.000000238. The minimum atomic E-state index is -0.204. The van der Waals surface area contributed by atoms with E-state index < -0.39 is 0 Å². The van der Waals surface area contributed by atoms with E-state index in [1.165, 1.54) is 25.7 Å². The highest BCUT2D eigenvalue weighted by atomic mass is 16.5. The van der Waals surface area contributed by atoms with Gasteiger partial charge in [-0.2, -0.15) is 0 Å². The number of para-hydroxylation sites is 1. The number of carbonyl (C=O) groups excluding carboxylic acids is 1. The van der Waals surface area contributed by atoms with Gasteiger partial charge in [0.25, 0.3) is 0 Å². The van der Waals surface area contributed by atoms with Crippen molar-refractivity contribution in [3.05, 3.63) is 77.9 Å². The van der Waals surface area contributed by atoms with Gasteiger partial charge in [0.2, 0.25) is 0 Å². The number of phenols is 3. The number of ketones is 1. The average molecular weight is 441 g/mol. The molecule has 3 N–H and O–H groups in total. The molecule has 1 heterocycles. The number of phenolic OH excluding ortho intramolecular Hbond substituents is 3. The van der Waals surface area contributed by atoms with Crippen molar-refractivity contribution in [2.45, 2.75) is 33.6 Å². The minimum Gasteiger partial charge on any atom is -0.508 e. The topological polar surface area (TPSA) is 96.2 Å². The second kappa shape index (κ2) is 14.4. The maximum Gasteiger partial charge on any atom is 0.167 e. The molecule has 1 aliphatic heterocycles. The number of fused-ring (bicyclic) bond motifs is 1. The summed E-state index contributed by atoms with van der Waals surface area (Å²) in [5.74, 6) is 1.61. The molecule has 0 aromatic heterocycles. The number of ether oxygens (including phenoxy) is 2. The van der Waals surface area contributed by atoms with Crippen LogP contribution in [0.15, 0.2) is 66.7 Å². The first-order valence-corrected chi connectivity index (χ1v) is 10.5. The molecule has 172 valence electrons. The Labute approximate surface area is 189 Å². The predicted molar refractivity (Wildman–Crippen MR) is 126 cm³/mol. The van der Waals surface area contributed by atoms with Crippen LogP contribution in [0.1, 0.15) is 43.1 Å². The van der Waals surface area contributed by atoms with Gasteiger partial charge < -0.3 is 24.8 Å². The smallest absolute Gasteiger partial charge is 0.167 e. The van der Waals surface area contributed by atoms with Crippen LogP contribution < -0.4 is 9.47 Å². The first-order chi connectivity index (χ1) is 15.4. The van der Waals surface area contributed by atoms with Crippen LogP contribution in [0.5, 0.6) is 28.7 Å². The highest BCUT2D eigenvalue weighted by Crippen LogP contribution is 2.28. The molecule has 3 aromatic rings. The predicted octanol–water partition coefficient (Wildman–Crippen LogP) is 5.74. The highest BCUT2D eigenvalue weighted by molar-refractivity contribution is 5.99. The Morgan fingerprint density at radius 2 is 1.59 bits per heavy atom. The van der Waals surface area contributed by atoms with Gasteiger partial charge in [-0.05, 0) is 55.7 Å². The van der Waals surface area contributed by atoms with Crippen LogP contribution in [0.25, 0.3) is 0 Å². The Morgan fingerprint density at radius 1 is 0.906 bits per heavy atom. The average Bonchev–Trinajstić information content (AvgIpc) is 2.81. The fourth-order valence-electron chi connectivity index (χ4n) is 2.80. The van der Waals surface area contributed by atoms with Crippen molar-refractivity contribution in [1.82, 2.24) is 0 Å². The number of aryl methyl sites for hydroxylation is 1. The molecule has 0 spiro atoms. The largest absolute Gasteiger partial charge is 0.508 e. The van der Waals surface area contributed by atoms with Crippen LogP contribution in [0.4, 0.5) is 0 Å². The molecule has 0 saturated heterocycles. The summed E-state index contributed by atoms with van der Waals surface area (Å²) in [6.07, 6.45) is 2.15. The number of carbonyl (C=O) groups is 1. The van der Waals surface area contributed by atoms with Gasteiger partial charge in [0.1, 0.15) is 34.3 Å². The monoisotopic (exact) mass is 440 g/mol. The van der Waals surface area contributed by atoms with Crippen LogP contribution in [-0.4, -0.2) is 34.8 Å². The third kappa shape index (κ3) is 8.60. The van der Waals surface area contributed by atoms with Crippen LogP contribution in [0.2, 0.25) is 0 Å². The zero-order valence-electron chi connectivity index (χ0n) is 19.0. The van der Waals surface area contributed by atoms with Crippen LogP contribution >= 0.6 is 0 Å². The zero-order valence-corrected chi connectivity index (χ0v) is 19.0. The molecule has 3 aromatic carbocycles. The van der Waals surface area contributed by atoms with Gasteiger partial charge in [-0.3, -0.25) is 4.79 Å². The summed E-state index contributed by atoms with van der Waals surface area (Å²) in [5, 5.41) is 27.0. The van der Waals surface area contributed by atoms with Crippen molar-refractivity contribution in [1.29, 1.82) is 0 Å². The molecule has 0 saturated carbocycles. The van der Waals surface area contributed by atoms with E-state index in [-0.39, 0.29) is 22.8 Å². The lowest BCUT2D eigenvalue weighted by molar-refractivity contribution is 0.101. The van der Waals surface area contributed by atoms with Crippen molar-refractivity contribution < 1.29 is 29.6 Å². The molecule has 0 fully saturated rings. The fraction of sp³-hybridized carbons (Fsp3) is 0.269. The maximum atomic E-state index is 11.0. The van der Waals surface area contributed by atoms with Crippen LogP contribution in [0, 0.1) is 0 Å². The van der Waals surface area contributed by atoms with E-state index in [1.807, 2.05) is 26.0 Å². The van der Waals surface area contributed by atoms with Gasteiger partial charge in [-0.15, -0.1) is 0 Å². The van der Waals surface area contributed by atoms with E-state index in [1.54, 1.807) is 48.5 Å². The Morgan fingerprint density at radius 3 is 2.12 bits per heavy atom. The molecular formula is C26H32O6. The van der Waals surface area contributed by atoms with Crippen molar-refractivity contribution in [3.8, 4) is 28.7 Å². The number of methoxy groups -OCH3 is 1. The molecule has 0 radical (unpaired) electrons. The number of hydrogen-bond acceptors (Lipinski definition) is 6. The second-order valence-electron chi connectivity index (χ2n) is 6.49. The van der Waals surface area contributed by atoms with Gasteiger partial charge in [0, 0.05) is 6.07 Å². The van der Waals surface area contributed by atoms with E-state index >= 15 is 0 Å². The summed E-state index contributed by atoms with van der Waals surface area (Å²) >= 11 is 0. The lowest BCUT2D eigenvalue weighted by Crippen LogP contribution is -2.07. The van der Waals surface area contributed by atoms with Gasteiger partial charge in [0.05, 0.1) is 13.7 Å². The molecule has 4 rings (SSSR count). The normalized spacial score (nSPS) is 10.9. The zero-order chi connectivity index (χ0) is 23.9. The third-order valence-electron chi connectivity index (χ3n) is 4.23. The summed E-state index contributed by atoms with van der Waals surface area (Å²) < 4.78 is 10.3. The SMILES string of the molecule is CC.COc1cccc(O)c1C(C)=O.Oc1ccc2c(c1)OCCC2.Oc1ccccc1. The summed E-state index contributed by atoms with van der Waals surface area (Å²) in [6, 6.07) is 18.7. The van der Waals surface area contributed by atoms with Gasteiger partial charge >= 0.3 is 0 Å². The molecule has 0 atom stereocenters. The van der Waals surface area contributed by atoms with E-state index in [4.69, 9.17) is 19.7 Å². The molecule has 32 heavy (non-hydrogen) atoms. The second-order valence-corrected chi connectivity index (χ2v) is 6.49. The number of benzene rings is 3. The van der Waals surface area contributed by atoms with Gasteiger partial charge in [-0.1, -0.05) is 44.2 Å². The van der Waals surface area contributed by atoms with E-state index in [9.17, 15) is 9.90 Å². The van der Waals surface area contributed by atoms with Crippen molar-refractivity contribution in [3.63, 3.8) is 0 Å². The summed E-state index contributed by atoms with van der Waals surface area (Å²) in [4.78, 5) is 11.0. The molecule has 0 unspecified atom stereocenters. The summed E-state index contributed by atoms with van der Waals surface area (Å²) in [5.41, 5.74) is 1.44.